The van der Waals surface area contributed by atoms with Gasteiger partial charge in [0, 0.05) is 6.92 Å². The van der Waals surface area contributed by atoms with Crippen LogP contribution < -0.4 is 10.1 Å². The summed E-state index contributed by atoms with van der Waals surface area (Å²) in [6.45, 7) is 8.00. The first-order valence-electron chi connectivity index (χ1n) is 8.25. The average molecular weight is 345 g/mol. The van der Waals surface area contributed by atoms with Gasteiger partial charge in [0.15, 0.2) is 0 Å². The maximum Gasteiger partial charge on any atom is 0.337 e. The highest BCUT2D eigenvalue weighted by atomic mass is 16.5. The molecule has 0 saturated heterocycles. The number of benzene rings is 1. The van der Waals surface area contributed by atoms with Gasteiger partial charge in [0.05, 0.1) is 18.4 Å². The summed E-state index contributed by atoms with van der Waals surface area (Å²) in [5.41, 5.74) is 3.43. The Balaban J connectivity index is 2.81. The summed E-state index contributed by atoms with van der Waals surface area (Å²) in [5, 5.41) is 2.70. The van der Waals surface area contributed by atoms with Gasteiger partial charge in [-0.3, -0.25) is 4.79 Å². The number of allylic oxidation sites excluding steroid dienone is 3. The van der Waals surface area contributed by atoms with Crippen molar-refractivity contribution in [2.24, 2.45) is 0 Å². The Bertz CT molecular complexity index is 670. The van der Waals surface area contributed by atoms with Crippen LogP contribution >= 0.6 is 0 Å². The Morgan fingerprint density at radius 1 is 1.12 bits per heavy atom. The first kappa shape index (κ1) is 20.5. The summed E-state index contributed by atoms with van der Waals surface area (Å²) in [6, 6.07) is 4.79. The Hall–Kier alpha value is -2.56. The predicted molar refractivity (Wildman–Crippen MR) is 100 cm³/mol. The van der Waals surface area contributed by atoms with Gasteiger partial charge in [-0.05, 0) is 57.9 Å². The number of ether oxygens (including phenoxy) is 2. The fraction of sp³-hybridized carbons (Fsp3) is 0.400. The second-order valence-corrected chi connectivity index (χ2v) is 6.07. The fourth-order valence-corrected chi connectivity index (χ4v) is 2.14. The molecule has 0 aliphatic rings. The van der Waals surface area contributed by atoms with Crippen molar-refractivity contribution >= 4 is 17.6 Å². The van der Waals surface area contributed by atoms with Crippen molar-refractivity contribution in [3.63, 3.8) is 0 Å². The number of hydrogen-bond donors (Lipinski definition) is 1. The van der Waals surface area contributed by atoms with E-state index in [0.29, 0.717) is 23.6 Å². The number of hydrogen-bond acceptors (Lipinski definition) is 4. The van der Waals surface area contributed by atoms with Crippen LogP contribution in [-0.4, -0.2) is 25.6 Å². The minimum Gasteiger partial charge on any atom is -0.487 e. The molecule has 1 N–H and O–H groups in total. The largest absolute Gasteiger partial charge is 0.487 e. The van der Waals surface area contributed by atoms with E-state index in [9.17, 15) is 9.59 Å². The van der Waals surface area contributed by atoms with Crippen molar-refractivity contribution in [2.75, 3.05) is 19.0 Å². The molecule has 0 saturated carbocycles. The number of carbonyl (C=O) groups excluding carboxylic acids is 2. The molecule has 0 radical (unpaired) electrons. The molecule has 1 amide bonds. The van der Waals surface area contributed by atoms with E-state index in [0.717, 1.165) is 12.8 Å². The highest BCUT2D eigenvalue weighted by Gasteiger charge is 2.11. The molecule has 0 aliphatic carbocycles. The number of rotatable bonds is 8. The van der Waals surface area contributed by atoms with Crippen LogP contribution in [-0.2, 0) is 9.53 Å². The third-order valence-electron chi connectivity index (χ3n) is 3.48. The van der Waals surface area contributed by atoms with Crippen LogP contribution in [0.2, 0.25) is 0 Å². The quantitative estimate of drug-likeness (QED) is 0.556. The monoisotopic (exact) mass is 345 g/mol. The van der Waals surface area contributed by atoms with Crippen LogP contribution in [0, 0.1) is 0 Å². The molecule has 5 nitrogen and oxygen atoms in total. The fourth-order valence-electron chi connectivity index (χ4n) is 2.14. The first-order chi connectivity index (χ1) is 11.8. The summed E-state index contributed by atoms with van der Waals surface area (Å²) >= 11 is 0. The molecule has 1 aromatic rings. The second kappa shape index (κ2) is 10.3. The number of methoxy groups -OCH3 is 1. The number of esters is 1. The number of carbonyl (C=O) groups is 2. The van der Waals surface area contributed by atoms with E-state index in [4.69, 9.17) is 9.47 Å². The molecule has 25 heavy (non-hydrogen) atoms. The average Bonchev–Trinajstić information content (AvgIpc) is 2.54. The third-order valence-corrected chi connectivity index (χ3v) is 3.48. The van der Waals surface area contributed by atoms with Crippen LogP contribution in [0.1, 0.15) is 50.9 Å². The molecule has 5 heteroatoms. The molecule has 0 bridgehead atoms. The zero-order valence-electron chi connectivity index (χ0n) is 15.6. The summed E-state index contributed by atoms with van der Waals surface area (Å²) in [4.78, 5) is 23.0. The molecule has 0 aliphatic heterocycles. The number of amides is 1. The minimum atomic E-state index is -0.451. The zero-order chi connectivity index (χ0) is 18.8. The summed E-state index contributed by atoms with van der Waals surface area (Å²) in [7, 11) is 1.32. The summed E-state index contributed by atoms with van der Waals surface area (Å²) in [6.07, 6.45) is 6.17. The van der Waals surface area contributed by atoms with Gasteiger partial charge in [-0.2, -0.15) is 0 Å². The van der Waals surface area contributed by atoms with Crippen LogP contribution in [0.4, 0.5) is 5.69 Å². The van der Waals surface area contributed by atoms with Crippen LogP contribution in [0.25, 0.3) is 0 Å². The molecule has 0 unspecified atom stereocenters. The topological polar surface area (TPSA) is 64.6 Å². The van der Waals surface area contributed by atoms with Crippen molar-refractivity contribution < 1.29 is 19.1 Å². The molecule has 1 rings (SSSR count). The molecule has 0 spiro atoms. The molecular formula is C20H27NO4. The van der Waals surface area contributed by atoms with Gasteiger partial charge in [0.1, 0.15) is 12.4 Å². The summed E-state index contributed by atoms with van der Waals surface area (Å²) in [5.74, 6) is -0.219. The minimum absolute atomic E-state index is 0.205. The number of anilines is 1. The van der Waals surface area contributed by atoms with E-state index >= 15 is 0 Å². The van der Waals surface area contributed by atoms with Crippen molar-refractivity contribution in [1.82, 2.24) is 0 Å². The van der Waals surface area contributed by atoms with Crippen LogP contribution in [0.5, 0.6) is 5.75 Å². The van der Waals surface area contributed by atoms with Gasteiger partial charge in [-0.15, -0.1) is 0 Å². The van der Waals surface area contributed by atoms with Crippen molar-refractivity contribution in [1.29, 1.82) is 0 Å². The smallest absolute Gasteiger partial charge is 0.337 e. The Morgan fingerprint density at radius 2 is 1.84 bits per heavy atom. The van der Waals surface area contributed by atoms with Crippen LogP contribution in [0.3, 0.4) is 0 Å². The molecule has 0 heterocycles. The molecule has 0 atom stereocenters. The van der Waals surface area contributed by atoms with E-state index in [-0.39, 0.29) is 5.91 Å². The van der Waals surface area contributed by atoms with Gasteiger partial charge in [0.25, 0.3) is 0 Å². The lowest BCUT2D eigenvalue weighted by Crippen LogP contribution is -2.09. The highest BCUT2D eigenvalue weighted by Crippen LogP contribution is 2.26. The highest BCUT2D eigenvalue weighted by molar-refractivity contribution is 5.94. The zero-order valence-corrected chi connectivity index (χ0v) is 15.6. The standard InChI is InChI=1S/C20H27NO4/c1-14(2)7-6-8-15(3)11-12-25-19-13-17(20(23)24-5)9-10-18(19)21-16(4)22/h7,9-11,13H,6,8,12H2,1-5H3,(H,21,22)/b15-11+. The van der Waals surface area contributed by atoms with Gasteiger partial charge in [-0.25, -0.2) is 4.79 Å². The normalized spacial score (nSPS) is 10.8. The van der Waals surface area contributed by atoms with Gasteiger partial charge in [0.2, 0.25) is 5.91 Å². The van der Waals surface area contributed by atoms with Gasteiger partial charge in [-0.1, -0.05) is 17.2 Å². The lowest BCUT2D eigenvalue weighted by Gasteiger charge is -2.12. The Labute approximate surface area is 149 Å². The molecule has 1 aromatic carbocycles. The second-order valence-electron chi connectivity index (χ2n) is 6.07. The number of nitrogens with one attached hydrogen (secondary N) is 1. The van der Waals surface area contributed by atoms with Gasteiger partial charge >= 0.3 is 5.97 Å². The molecule has 136 valence electrons. The van der Waals surface area contributed by atoms with E-state index in [1.165, 1.54) is 25.2 Å². The maximum atomic E-state index is 11.7. The Morgan fingerprint density at radius 3 is 2.44 bits per heavy atom. The summed E-state index contributed by atoms with van der Waals surface area (Å²) < 4.78 is 10.5. The molecular weight excluding hydrogens is 318 g/mol. The SMILES string of the molecule is COC(=O)c1ccc(NC(C)=O)c(OC/C=C(\C)CCC=C(C)C)c1. The molecule has 0 fully saturated rings. The van der Waals surface area contributed by atoms with Crippen molar-refractivity contribution in [3.8, 4) is 5.75 Å². The van der Waals surface area contributed by atoms with Crippen LogP contribution in [0.15, 0.2) is 41.5 Å². The van der Waals surface area contributed by atoms with Crippen molar-refractivity contribution in [2.45, 2.75) is 40.5 Å². The first-order valence-corrected chi connectivity index (χ1v) is 8.25. The molecule has 0 aromatic heterocycles. The predicted octanol–water partition coefficient (Wildman–Crippen LogP) is 4.50. The van der Waals surface area contributed by atoms with E-state index < -0.39 is 5.97 Å². The maximum absolute atomic E-state index is 11.7. The third kappa shape index (κ3) is 7.70. The van der Waals surface area contributed by atoms with E-state index in [1.54, 1.807) is 18.2 Å². The lowest BCUT2D eigenvalue weighted by atomic mass is 10.1. The van der Waals surface area contributed by atoms with E-state index in [2.05, 4.69) is 32.2 Å². The van der Waals surface area contributed by atoms with E-state index in [1.807, 2.05) is 6.08 Å². The van der Waals surface area contributed by atoms with Gasteiger partial charge < -0.3 is 14.8 Å². The Kier molecular flexibility index (Phi) is 8.47. The lowest BCUT2D eigenvalue weighted by molar-refractivity contribution is -0.114. The van der Waals surface area contributed by atoms with Crippen molar-refractivity contribution in [3.05, 3.63) is 47.1 Å².